The Morgan fingerprint density at radius 1 is 1.25 bits per heavy atom. The van der Waals surface area contributed by atoms with E-state index in [-0.39, 0.29) is 11.8 Å². The number of aryl methyl sites for hydroxylation is 2. The Bertz CT molecular complexity index is 660. The third kappa shape index (κ3) is 2.96. The number of amides is 2. The summed E-state index contributed by atoms with van der Waals surface area (Å²) in [5.74, 6) is -0.301. The van der Waals surface area contributed by atoms with Gasteiger partial charge in [-0.15, -0.1) is 0 Å². The predicted molar refractivity (Wildman–Crippen MR) is 75.7 cm³/mol. The van der Waals surface area contributed by atoms with Crippen molar-refractivity contribution >= 4 is 17.5 Å². The van der Waals surface area contributed by atoms with Crippen molar-refractivity contribution in [3.63, 3.8) is 0 Å². The molecule has 0 atom stereocenters. The zero-order valence-corrected chi connectivity index (χ0v) is 11.9. The van der Waals surface area contributed by atoms with E-state index in [4.69, 9.17) is 0 Å². The van der Waals surface area contributed by atoms with Gasteiger partial charge in [-0.3, -0.25) is 14.0 Å². The fourth-order valence-electron chi connectivity index (χ4n) is 2.04. The second-order valence-electron chi connectivity index (χ2n) is 4.72. The molecule has 0 spiro atoms. The molecule has 0 aliphatic heterocycles. The van der Waals surface area contributed by atoms with Crippen LogP contribution in [0.2, 0.25) is 0 Å². The van der Waals surface area contributed by atoms with Crippen LogP contribution in [-0.2, 0) is 4.79 Å². The molecule has 6 nitrogen and oxygen atoms in total. The largest absolute Gasteiger partial charge is 0.355 e. The minimum absolute atomic E-state index is 0.110. The predicted octanol–water partition coefficient (Wildman–Crippen LogP) is 0.817. The van der Waals surface area contributed by atoms with Gasteiger partial charge in [0.1, 0.15) is 11.3 Å². The molecule has 6 heteroatoms. The molecule has 0 aliphatic carbocycles. The summed E-state index contributed by atoms with van der Waals surface area (Å²) >= 11 is 0. The number of pyridine rings is 1. The summed E-state index contributed by atoms with van der Waals surface area (Å²) < 4.78 is 1.77. The highest BCUT2D eigenvalue weighted by molar-refractivity contribution is 5.94. The molecule has 2 heterocycles. The number of hydrogen-bond donors (Lipinski definition) is 2. The summed E-state index contributed by atoms with van der Waals surface area (Å²) in [6.45, 7) is 6.04. The third-order valence-electron chi connectivity index (χ3n) is 2.96. The number of carbonyl (C=O) groups excluding carboxylic acids is 2. The molecule has 0 aliphatic rings. The lowest BCUT2D eigenvalue weighted by Crippen LogP contribution is -2.34. The van der Waals surface area contributed by atoms with Crippen LogP contribution in [0.5, 0.6) is 0 Å². The van der Waals surface area contributed by atoms with Crippen LogP contribution in [0.3, 0.4) is 0 Å². The second-order valence-corrected chi connectivity index (χ2v) is 4.72. The number of fused-ring (bicyclic) bond motifs is 1. The third-order valence-corrected chi connectivity index (χ3v) is 2.96. The molecule has 0 saturated carbocycles. The van der Waals surface area contributed by atoms with E-state index in [0.717, 1.165) is 11.2 Å². The van der Waals surface area contributed by atoms with E-state index in [1.165, 1.54) is 6.92 Å². The topological polar surface area (TPSA) is 75.5 Å². The average molecular weight is 274 g/mol. The van der Waals surface area contributed by atoms with Crippen LogP contribution in [0.4, 0.5) is 0 Å². The van der Waals surface area contributed by atoms with E-state index in [2.05, 4.69) is 15.6 Å². The Kier molecular flexibility index (Phi) is 4.02. The molecule has 2 N–H and O–H groups in total. The van der Waals surface area contributed by atoms with Gasteiger partial charge in [0.25, 0.3) is 5.91 Å². The molecule has 0 aromatic carbocycles. The van der Waals surface area contributed by atoms with Crippen LogP contribution in [0.25, 0.3) is 5.65 Å². The van der Waals surface area contributed by atoms with E-state index in [9.17, 15) is 9.59 Å². The van der Waals surface area contributed by atoms with E-state index in [1.54, 1.807) is 4.40 Å². The van der Waals surface area contributed by atoms with Crippen molar-refractivity contribution in [2.75, 3.05) is 13.1 Å². The highest BCUT2D eigenvalue weighted by Gasteiger charge is 2.15. The van der Waals surface area contributed by atoms with Crippen molar-refractivity contribution in [1.29, 1.82) is 0 Å². The monoisotopic (exact) mass is 274 g/mol. The lowest BCUT2D eigenvalue weighted by Gasteiger charge is -2.06. The maximum absolute atomic E-state index is 12.2. The van der Waals surface area contributed by atoms with Crippen molar-refractivity contribution in [2.24, 2.45) is 0 Å². The Labute approximate surface area is 117 Å². The normalized spacial score (nSPS) is 10.6. The van der Waals surface area contributed by atoms with Crippen LogP contribution >= 0.6 is 0 Å². The number of carbonyl (C=O) groups is 2. The maximum atomic E-state index is 12.2. The Hall–Kier alpha value is -2.37. The molecule has 0 bridgehead atoms. The summed E-state index contributed by atoms with van der Waals surface area (Å²) in [5.41, 5.74) is 3.07. The van der Waals surface area contributed by atoms with Gasteiger partial charge < -0.3 is 10.6 Å². The van der Waals surface area contributed by atoms with Crippen molar-refractivity contribution in [3.8, 4) is 0 Å². The lowest BCUT2D eigenvalue weighted by molar-refractivity contribution is -0.118. The molecule has 2 amide bonds. The molecule has 0 radical (unpaired) electrons. The first-order valence-corrected chi connectivity index (χ1v) is 6.47. The first-order chi connectivity index (χ1) is 9.49. The zero-order valence-electron chi connectivity index (χ0n) is 11.9. The van der Waals surface area contributed by atoms with Gasteiger partial charge in [-0.25, -0.2) is 4.98 Å². The smallest absolute Gasteiger partial charge is 0.270 e. The fraction of sp³-hybridized carbons (Fsp3) is 0.357. The molecule has 2 aromatic rings. The quantitative estimate of drug-likeness (QED) is 0.810. The highest BCUT2D eigenvalue weighted by atomic mass is 16.2. The van der Waals surface area contributed by atoms with Gasteiger partial charge >= 0.3 is 0 Å². The number of imidazole rings is 1. The second kappa shape index (κ2) is 5.73. The summed E-state index contributed by atoms with van der Waals surface area (Å²) in [6, 6.07) is 3.86. The van der Waals surface area contributed by atoms with Crippen molar-refractivity contribution in [2.45, 2.75) is 20.8 Å². The van der Waals surface area contributed by atoms with Gasteiger partial charge in [-0.05, 0) is 31.5 Å². The van der Waals surface area contributed by atoms with Gasteiger partial charge in [-0.2, -0.15) is 0 Å². The summed E-state index contributed by atoms with van der Waals surface area (Å²) in [6.07, 6.45) is 1.84. The summed E-state index contributed by atoms with van der Waals surface area (Å²) in [7, 11) is 0. The molecular weight excluding hydrogens is 256 g/mol. The SMILES string of the molecule is CC(=O)NCCNC(=O)c1c(C)nc2cc(C)ccn12. The molecular formula is C14H18N4O2. The molecule has 2 rings (SSSR count). The van der Waals surface area contributed by atoms with E-state index >= 15 is 0 Å². The Morgan fingerprint density at radius 2 is 1.95 bits per heavy atom. The molecule has 0 saturated heterocycles. The first-order valence-electron chi connectivity index (χ1n) is 6.47. The lowest BCUT2D eigenvalue weighted by atomic mass is 10.3. The van der Waals surface area contributed by atoms with Gasteiger partial charge in [0.05, 0.1) is 5.69 Å². The number of rotatable bonds is 4. The van der Waals surface area contributed by atoms with Crippen LogP contribution in [0.15, 0.2) is 18.3 Å². The van der Waals surface area contributed by atoms with Crippen molar-refractivity contribution in [3.05, 3.63) is 35.3 Å². The van der Waals surface area contributed by atoms with Gasteiger partial charge in [0, 0.05) is 26.2 Å². The van der Waals surface area contributed by atoms with E-state index < -0.39 is 0 Å². The molecule has 0 fully saturated rings. The first kappa shape index (κ1) is 14.0. The number of nitrogens with one attached hydrogen (secondary N) is 2. The Balaban J connectivity index is 2.13. The van der Waals surface area contributed by atoms with Crippen LogP contribution in [-0.4, -0.2) is 34.3 Å². The van der Waals surface area contributed by atoms with Gasteiger partial charge in [0.2, 0.25) is 5.91 Å². The van der Waals surface area contributed by atoms with Gasteiger partial charge in [-0.1, -0.05) is 0 Å². The fourth-order valence-corrected chi connectivity index (χ4v) is 2.04. The Morgan fingerprint density at radius 3 is 2.65 bits per heavy atom. The molecule has 106 valence electrons. The molecule has 20 heavy (non-hydrogen) atoms. The molecule has 0 unspecified atom stereocenters. The summed E-state index contributed by atoms with van der Waals surface area (Å²) in [5, 5.41) is 5.40. The summed E-state index contributed by atoms with van der Waals surface area (Å²) in [4.78, 5) is 27.3. The van der Waals surface area contributed by atoms with E-state index in [1.807, 2.05) is 32.2 Å². The number of hydrogen-bond acceptors (Lipinski definition) is 3. The number of aromatic nitrogens is 2. The van der Waals surface area contributed by atoms with Crippen molar-refractivity contribution < 1.29 is 9.59 Å². The number of nitrogens with zero attached hydrogens (tertiary/aromatic N) is 2. The van der Waals surface area contributed by atoms with Crippen LogP contribution in [0, 0.1) is 13.8 Å². The standard InChI is InChI=1S/C14H18N4O2/c1-9-4-7-18-12(8-9)17-10(2)13(18)14(20)16-6-5-15-11(3)19/h4,7-8H,5-6H2,1-3H3,(H,15,19)(H,16,20). The molecule has 2 aromatic heterocycles. The zero-order chi connectivity index (χ0) is 14.7. The van der Waals surface area contributed by atoms with Crippen LogP contribution in [0.1, 0.15) is 28.7 Å². The van der Waals surface area contributed by atoms with Crippen molar-refractivity contribution in [1.82, 2.24) is 20.0 Å². The highest BCUT2D eigenvalue weighted by Crippen LogP contribution is 2.13. The average Bonchev–Trinajstić information content (AvgIpc) is 2.69. The maximum Gasteiger partial charge on any atom is 0.270 e. The minimum atomic E-state index is -0.191. The van der Waals surface area contributed by atoms with E-state index in [0.29, 0.717) is 24.5 Å². The minimum Gasteiger partial charge on any atom is -0.355 e. The van der Waals surface area contributed by atoms with Crippen LogP contribution < -0.4 is 10.6 Å². The van der Waals surface area contributed by atoms with Gasteiger partial charge in [0.15, 0.2) is 0 Å².